The summed E-state index contributed by atoms with van der Waals surface area (Å²) in [4.78, 5) is 15.8. The summed E-state index contributed by atoms with van der Waals surface area (Å²) in [5.74, 6) is -0.476. The summed E-state index contributed by atoms with van der Waals surface area (Å²) in [6.07, 6.45) is -3.45. The number of carbonyl (C=O) groups excluding carboxylic acids is 1. The molecule has 0 aromatic carbocycles. The lowest BCUT2D eigenvalue weighted by molar-refractivity contribution is -0.142. The zero-order chi connectivity index (χ0) is 18.6. The van der Waals surface area contributed by atoms with Gasteiger partial charge in [0.25, 0.3) is 0 Å². The number of ether oxygens (including phenoxy) is 1. The quantitative estimate of drug-likeness (QED) is 0.578. The zero-order valence-electron chi connectivity index (χ0n) is 13.3. The number of nitrogens with zero attached hydrogens (tertiary/aromatic N) is 2. The molecular weight excluding hydrogens is 357 g/mol. The van der Waals surface area contributed by atoms with E-state index in [0.29, 0.717) is 0 Å². The first-order valence-corrected chi connectivity index (χ1v) is 8.05. The molecule has 0 amide bonds. The van der Waals surface area contributed by atoms with E-state index in [1.165, 1.54) is 31.4 Å². The Morgan fingerprint density at radius 3 is 2.76 bits per heavy atom. The van der Waals surface area contributed by atoms with Crippen molar-refractivity contribution < 1.29 is 27.1 Å². The molecule has 0 radical (unpaired) electrons. The Balaban J connectivity index is 2.55. The van der Waals surface area contributed by atoms with Crippen molar-refractivity contribution in [2.45, 2.75) is 30.3 Å². The molecule has 0 N–H and O–H groups in total. The molecule has 9 heteroatoms. The zero-order valence-corrected chi connectivity index (χ0v) is 14.1. The summed E-state index contributed by atoms with van der Waals surface area (Å²) in [7, 11) is 0. The lowest BCUT2D eigenvalue weighted by Gasteiger charge is -2.15. The molecule has 0 spiro atoms. The van der Waals surface area contributed by atoms with Crippen molar-refractivity contribution in [3.05, 3.63) is 35.6 Å². The number of hydrogen-bond acceptors (Lipinski definition) is 6. The molecule has 2 aromatic heterocycles. The Kier molecular flexibility index (Phi) is 5.74. The fourth-order valence-corrected chi connectivity index (χ4v) is 2.89. The van der Waals surface area contributed by atoms with Crippen molar-refractivity contribution in [2.24, 2.45) is 0 Å². The highest BCUT2D eigenvalue weighted by atomic mass is 32.2. The van der Waals surface area contributed by atoms with Crippen LogP contribution < -0.4 is 0 Å². The fourth-order valence-electron chi connectivity index (χ4n) is 1.96. The molecule has 0 fully saturated rings. The van der Waals surface area contributed by atoms with Gasteiger partial charge in [-0.2, -0.15) is 18.4 Å². The molecule has 0 unspecified atom stereocenters. The van der Waals surface area contributed by atoms with Crippen molar-refractivity contribution >= 4 is 17.7 Å². The van der Waals surface area contributed by atoms with Crippen LogP contribution in [0.3, 0.4) is 0 Å². The number of esters is 1. The van der Waals surface area contributed by atoms with Crippen LogP contribution in [0.4, 0.5) is 13.2 Å². The number of aromatic nitrogens is 1. The maximum atomic E-state index is 13.3. The number of pyridine rings is 1. The van der Waals surface area contributed by atoms with Crippen LogP contribution >= 0.6 is 11.8 Å². The van der Waals surface area contributed by atoms with Gasteiger partial charge in [0.15, 0.2) is 5.76 Å². The number of carbonyl (C=O) groups is 1. The Morgan fingerprint density at radius 2 is 2.24 bits per heavy atom. The van der Waals surface area contributed by atoms with Crippen LogP contribution in [0.2, 0.25) is 0 Å². The minimum atomic E-state index is -4.75. The van der Waals surface area contributed by atoms with Crippen molar-refractivity contribution in [3.8, 4) is 17.5 Å². The molecule has 2 heterocycles. The monoisotopic (exact) mass is 370 g/mol. The van der Waals surface area contributed by atoms with Gasteiger partial charge in [0.05, 0.1) is 24.0 Å². The van der Waals surface area contributed by atoms with E-state index in [9.17, 15) is 23.2 Å². The number of thioether (sulfide) groups is 1. The fraction of sp³-hybridized carbons (Fsp3) is 0.312. The van der Waals surface area contributed by atoms with Crippen LogP contribution in [0, 0.1) is 11.3 Å². The van der Waals surface area contributed by atoms with E-state index < -0.39 is 28.5 Å². The third kappa shape index (κ3) is 4.33. The highest BCUT2D eigenvalue weighted by Gasteiger charge is 2.37. The highest BCUT2D eigenvalue weighted by Crippen LogP contribution is 2.39. The van der Waals surface area contributed by atoms with E-state index in [2.05, 4.69) is 4.98 Å². The summed E-state index contributed by atoms with van der Waals surface area (Å²) in [6.45, 7) is 3.23. The van der Waals surface area contributed by atoms with Crippen molar-refractivity contribution in [1.82, 2.24) is 4.98 Å². The molecule has 0 aliphatic heterocycles. The Bertz CT molecular complexity index is 798. The lowest BCUT2D eigenvalue weighted by Crippen LogP contribution is -2.18. The first kappa shape index (κ1) is 18.9. The largest absolute Gasteiger partial charge is 0.465 e. The van der Waals surface area contributed by atoms with E-state index in [-0.39, 0.29) is 23.1 Å². The van der Waals surface area contributed by atoms with E-state index in [1.807, 2.05) is 0 Å². The van der Waals surface area contributed by atoms with Crippen LogP contribution in [0.5, 0.6) is 0 Å². The minimum absolute atomic E-state index is 0.0742. The third-order valence-corrected chi connectivity index (χ3v) is 4.15. The van der Waals surface area contributed by atoms with Gasteiger partial charge in [0, 0.05) is 0 Å². The molecule has 0 aliphatic carbocycles. The molecule has 2 rings (SSSR count). The van der Waals surface area contributed by atoms with Crippen LogP contribution in [0.25, 0.3) is 11.5 Å². The minimum Gasteiger partial charge on any atom is -0.465 e. The second kappa shape index (κ2) is 7.61. The molecule has 132 valence electrons. The average molecular weight is 370 g/mol. The van der Waals surface area contributed by atoms with Gasteiger partial charge < -0.3 is 9.15 Å². The highest BCUT2D eigenvalue weighted by molar-refractivity contribution is 8.00. The molecule has 0 saturated heterocycles. The molecular formula is C16H13F3N2O3S. The van der Waals surface area contributed by atoms with E-state index >= 15 is 0 Å². The van der Waals surface area contributed by atoms with Crippen LogP contribution in [0.1, 0.15) is 25.0 Å². The summed E-state index contributed by atoms with van der Waals surface area (Å²) in [5.41, 5.74) is -1.84. The second-order valence-electron chi connectivity index (χ2n) is 4.83. The average Bonchev–Trinajstić information content (AvgIpc) is 3.07. The van der Waals surface area contributed by atoms with Gasteiger partial charge in [0.2, 0.25) is 0 Å². The van der Waals surface area contributed by atoms with Gasteiger partial charge in [0.1, 0.15) is 22.0 Å². The van der Waals surface area contributed by atoms with Gasteiger partial charge >= 0.3 is 12.1 Å². The van der Waals surface area contributed by atoms with Gasteiger partial charge in [-0.15, -0.1) is 0 Å². The first-order chi connectivity index (χ1) is 11.8. The van der Waals surface area contributed by atoms with Gasteiger partial charge in [-0.05, 0) is 32.0 Å². The smallest absolute Gasteiger partial charge is 0.417 e. The van der Waals surface area contributed by atoms with Crippen molar-refractivity contribution in [1.29, 1.82) is 5.26 Å². The van der Waals surface area contributed by atoms with Crippen LogP contribution in [0.15, 0.2) is 33.9 Å². The summed E-state index contributed by atoms with van der Waals surface area (Å²) in [6, 6.07) is 5.26. The number of rotatable bonds is 5. The van der Waals surface area contributed by atoms with Gasteiger partial charge in [-0.1, -0.05) is 11.8 Å². The van der Waals surface area contributed by atoms with Crippen LogP contribution in [-0.4, -0.2) is 22.8 Å². The summed E-state index contributed by atoms with van der Waals surface area (Å²) >= 11 is 0.735. The Hall–Kier alpha value is -2.47. The van der Waals surface area contributed by atoms with Crippen molar-refractivity contribution in [3.63, 3.8) is 0 Å². The Labute approximate surface area is 145 Å². The van der Waals surface area contributed by atoms with Gasteiger partial charge in [-0.3, -0.25) is 4.79 Å². The molecule has 5 nitrogen and oxygen atoms in total. The molecule has 1 atom stereocenters. The maximum Gasteiger partial charge on any atom is 0.417 e. The number of alkyl halides is 3. The van der Waals surface area contributed by atoms with Crippen molar-refractivity contribution in [2.75, 3.05) is 6.61 Å². The third-order valence-electron chi connectivity index (χ3n) is 3.08. The number of hydrogen-bond donors (Lipinski definition) is 0. The molecule has 0 aliphatic rings. The first-order valence-electron chi connectivity index (χ1n) is 7.17. The second-order valence-corrected chi connectivity index (χ2v) is 6.16. The Morgan fingerprint density at radius 1 is 1.52 bits per heavy atom. The standard InChI is InChI=1S/C16H13F3N2O3S/c1-3-23-15(22)9(2)25-14-10(8-20)11(16(17,18)19)7-12(21-14)13-5-4-6-24-13/h4-7,9H,3H2,1-2H3/t9-/m0/s1. The van der Waals surface area contributed by atoms with E-state index in [0.717, 1.165) is 17.8 Å². The maximum absolute atomic E-state index is 13.3. The lowest BCUT2D eigenvalue weighted by atomic mass is 10.1. The van der Waals surface area contributed by atoms with E-state index in [1.54, 1.807) is 6.92 Å². The predicted molar refractivity (Wildman–Crippen MR) is 83.6 cm³/mol. The summed E-state index contributed by atoms with van der Waals surface area (Å²) in [5, 5.41) is 8.17. The number of furan rings is 1. The van der Waals surface area contributed by atoms with E-state index in [4.69, 9.17) is 9.15 Å². The topological polar surface area (TPSA) is 76.1 Å². The molecule has 0 bridgehead atoms. The molecule has 25 heavy (non-hydrogen) atoms. The number of nitriles is 1. The predicted octanol–water partition coefficient (Wildman–Crippen LogP) is 4.28. The number of halogens is 3. The van der Waals surface area contributed by atoms with Crippen LogP contribution in [-0.2, 0) is 15.7 Å². The summed E-state index contributed by atoms with van der Waals surface area (Å²) < 4.78 is 50.0. The normalized spacial score (nSPS) is 12.5. The molecule has 2 aromatic rings. The molecule has 0 saturated carbocycles. The SMILES string of the molecule is CCOC(=O)[C@H](C)Sc1nc(-c2ccco2)cc(C(F)(F)F)c1C#N. The van der Waals surface area contributed by atoms with Gasteiger partial charge in [-0.25, -0.2) is 4.98 Å².